The number of rotatable bonds is 9. The Hall–Kier alpha value is -3.22. The fourth-order valence-corrected chi connectivity index (χ4v) is 4.74. The maximum atomic E-state index is 13.1. The van der Waals surface area contributed by atoms with Crippen LogP contribution in [0.3, 0.4) is 0 Å². The lowest BCUT2D eigenvalue weighted by Gasteiger charge is -2.22. The molecular formula is C29H35N3O3. The molecule has 3 aromatic rings. The number of nitrogens with one attached hydrogen (secondary N) is 2. The van der Waals surface area contributed by atoms with E-state index in [1.54, 1.807) is 6.07 Å². The Morgan fingerprint density at radius 2 is 1.69 bits per heavy atom. The largest absolute Gasteiger partial charge is 0.391 e. The van der Waals surface area contributed by atoms with Crippen molar-refractivity contribution in [1.29, 1.82) is 0 Å². The minimum absolute atomic E-state index is 0.0430. The van der Waals surface area contributed by atoms with Crippen molar-refractivity contribution in [2.45, 2.75) is 39.0 Å². The van der Waals surface area contributed by atoms with Crippen LogP contribution in [0.15, 0.2) is 72.8 Å². The first kappa shape index (κ1) is 24.9. The number of amides is 2. The highest BCUT2D eigenvalue weighted by Gasteiger charge is 2.32. The maximum Gasteiger partial charge on any atom is 0.251 e. The molecule has 4 rings (SSSR count). The Morgan fingerprint density at radius 3 is 2.43 bits per heavy atom. The second-order valence-corrected chi connectivity index (χ2v) is 9.97. The van der Waals surface area contributed by atoms with Crippen molar-refractivity contribution in [2.75, 3.05) is 19.6 Å². The lowest BCUT2D eigenvalue weighted by Crippen LogP contribution is -2.49. The van der Waals surface area contributed by atoms with Gasteiger partial charge >= 0.3 is 0 Å². The van der Waals surface area contributed by atoms with Gasteiger partial charge in [0, 0.05) is 37.7 Å². The van der Waals surface area contributed by atoms with Gasteiger partial charge in [0.1, 0.15) is 6.04 Å². The molecule has 2 unspecified atom stereocenters. The van der Waals surface area contributed by atoms with Crippen molar-refractivity contribution in [3.05, 3.63) is 83.9 Å². The Kier molecular flexibility index (Phi) is 8.16. The van der Waals surface area contributed by atoms with Crippen molar-refractivity contribution in [3.63, 3.8) is 0 Å². The number of fused-ring (bicyclic) bond motifs is 1. The van der Waals surface area contributed by atoms with Crippen LogP contribution in [-0.4, -0.2) is 53.6 Å². The molecular weight excluding hydrogens is 438 g/mol. The van der Waals surface area contributed by atoms with Crippen molar-refractivity contribution in [3.8, 4) is 0 Å². The maximum absolute atomic E-state index is 13.1. The van der Waals surface area contributed by atoms with E-state index < -0.39 is 12.1 Å². The summed E-state index contributed by atoms with van der Waals surface area (Å²) in [5.74, 6) is -0.271. The van der Waals surface area contributed by atoms with E-state index in [9.17, 15) is 14.7 Å². The molecule has 0 aromatic heterocycles. The van der Waals surface area contributed by atoms with Gasteiger partial charge in [-0.3, -0.25) is 14.5 Å². The highest BCUT2D eigenvalue weighted by atomic mass is 16.3. The molecule has 1 fully saturated rings. The summed E-state index contributed by atoms with van der Waals surface area (Å²) in [6.07, 6.45) is 0.0492. The molecule has 0 saturated carbocycles. The smallest absolute Gasteiger partial charge is 0.251 e. The summed E-state index contributed by atoms with van der Waals surface area (Å²) in [4.78, 5) is 28.3. The molecule has 184 valence electrons. The fourth-order valence-electron chi connectivity index (χ4n) is 4.74. The second kappa shape index (κ2) is 11.5. The Labute approximate surface area is 207 Å². The number of hydrogen-bond acceptors (Lipinski definition) is 4. The third-order valence-electron chi connectivity index (χ3n) is 6.61. The first-order valence-corrected chi connectivity index (χ1v) is 12.4. The lowest BCUT2D eigenvalue weighted by molar-refractivity contribution is -0.123. The van der Waals surface area contributed by atoms with Gasteiger partial charge in [-0.15, -0.1) is 0 Å². The first-order chi connectivity index (χ1) is 16.9. The van der Waals surface area contributed by atoms with Crippen molar-refractivity contribution < 1.29 is 14.7 Å². The first-order valence-electron chi connectivity index (χ1n) is 12.4. The van der Waals surface area contributed by atoms with E-state index in [1.165, 1.54) is 5.56 Å². The van der Waals surface area contributed by atoms with Crippen LogP contribution in [0.2, 0.25) is 0 Å². The van der Waals surface area contributed by atoms with E-state index in [2.05, 4.69) is 27.7 Å². The molecule has 6 nitrogen and oxygen atoms in total. The number of hydrogen-bond donors (Lipinski definition) is 3. The normalized spacial score (nSPS) is 19.1. The highest BCUT2D eigenvalue weighted by molar-refractivity contribution is 6.00. The van der Waals surface area contributed by atoms with E-state index in [1.807, 2.05) is 68.4 Å². The Balaban J connectivity index is 1.34. The van der Waals surface area contributed by atoms with Crippen LogP contribution in [-0.2, 0) is 11.3 Å². The molecule has 0 radical (unpaired) electrons. The van der Waals surface area contributed by atoms with Crippen LogP contribution in [0, 0.1) is 11.8 Å². The predicted molar refractivity (Wildman–Crippen MR) is 139 cm³/mol. The van der Waals surface area contributed by atoms with Crippen LogP contribution in [0.5, 0.6) is 0 Å². The van der Waals surface area contributed by atoms with Crippen molar-refractivity contribution in [1.82, 2.24) is 15.5 Å². The molecule has 1 saturated heterocycles. The number of aliphatic hydroxyl groups excluding tert-OH is 1. The van der Waals surface area contributed by atoms with Crippen molar-refractivity contribution >= 4 is 22.6 Å². The van der Waals surface area contributed by atoms with Crippen LogP contribution in [0.25, 0.3) is 10.8 Å². The lowest BCUT2D eigenvalue weighted by atomic mass is 10.0. The SMILES string of the molecule is CC(C)C[C@H](NC(=O)c1ccc2ccccc2c1)C(=O)NCC1CN(Cc2ccccc2)CC1O. The van der Waals surface area contributed by atoms with E-state index >= 15 is 0 Å². The monoisotopic (exact) mass is 473 g/mol. The summed E-state index contributed by atoms with van der Waals surface area (Å²) < 4.78 is 0. The van der Waals surface area contributed by atoms with Crippen LogP contribution in [0.4, 0.5) is 0 Å². The van der Waals surface area contributed by atoms with E-state index in [0.717, 1.165) is 17.3 Å². The Morgan fingerprint density at radius 1 is 0.971 bits per heavy atom. The van der Waals surface area contributed by atoms with Gasteiger partial charge in [-0.05, 0) is 40.8 Å². The van der Waals surface area contributed by atoms with Crippen LogP contribution in [0.1, 0.15) is 36.2 Å². The minimum atomic E-state index is -0.632. The fraction of sp³-hybridized carbons (Fsp3) is 0.379. The number of benzene rings is 3. The molecule has 3 N–H and O–H groups in total. The van der Waals surface area contributed by atoms with E-state index in [-0.39, 0.29) is 23.7 Å². The second-order valence-electron chi connectivity index (χ2n) is 9.97. The molecule has 0 bridgehead atoms. The van der Waals surface area contributed by atoms with Gasteiger partial charge in [-0.25, -0.2) is 0 Å². The Bertz CT molecular complexity index is 1150. The molecule has 1 heterocycles. The molecule has 1 aliphatic rings. The highest BCUT2D eigenvalue weighted by Crippen LogP contribution is 2.19. The third kappa shape index (κ3) is 6.68. The molecule has 6 heteroatoms. The molecule has 2 amide bonds. The topological polar surface area (TPSA) is 81.7 Å². The summed E-state index contributed by atoms with van der Waals surface area (Å²) in [5, 5.41) is 18.5. The van der Waals surface area contributed by atoms with Crippen LogP contribution >= 0.6 is 0 Å². The number of β-amino-alcohol motifs (C(OH)–C–C–N with tert-alkyl or cyclic N) is 1. The quantitative estimate of drug-likeness (QED) is 0.444. The summed E-state index contributed by atoms with van der Waals surface area (Å²) >= 11 is 0. The number of carbonyl (C=O) groups is 2. The number of nitrogens with zero attached hydrogens (tertiary/aromatic N) is 1. The zero-order valence-electron chi connectivity index (χ0n) is 20.5. The van der Waals surface area contributed by atoms with Gasteiger partial charge in [-0.2, -0.15) is 0 Å². The standard InChI is InChI=1S/C29H35N3O3/c1-20(2)14-26(31-28(34)24-13-12-22-10-6-7-11-23(22)15-24)29(35)30-16-25-18-32(19-27(25)33)17-21-8-4-3-5-9-21/h3-13,15,20,25-27,33H,14,16-19H2,1-2H3,(H,30,35)(H,31,34)/t25?,26-,27?/m0/s1. The average molecular weight is 474 g/mol. The number of likely N-dealkylation sites (tertiary alicyclic amines) is 1. The van der Waals surface area contributed by atoms with Gasteiger partial charge in [0.15, 0.2) is 0 Å². The molecule has 35 heavy (non-hydrogen) atoms. The molecule has 0 spiro atoms. The van der Waals surface area contributed by atoms with Gasteiger partial charge in [0.05, 0.1) is 6.10 Å². The molecule has 1 aliphatic heterocycles. The van der Waals surface area contributed by atoms with Crippen LogP contribution < -0.4 is 10.6 Å². The summed E-state index contributed by atoms with van der Waals surface area (Å²) in [7, 11) is 0. The predicted octanol–water partition coefficient (Wildman–Crippen LogP) is 3.59. The molecule has 0 aliphatic carbocycles. The number of aliphatic hydroxyl groups is 1. The molecule has 3 atom stereocenters. The summed E-state index contributed by atoms with van der Waals surface area (Å²) in [6.45, 7) is 6.53. The van der Waals surface area contributed by atoms with Gasteiger partial charge < -0.3 is 15.7 Å². The zero-order valence-corrected chi connectivity index (χ0v) is 20.5. The average Bonchev–Trinajstić information content (AvgIpc) is 3.20. The molecule has 3 aromatic carbocycles. The summed E-state index contributed by atoms with van der Waals surface area (Å²) in [6, 6.07) is 23.0. The summed E-state index contributed by atoms with van der Waals surface area (Å²) in [5.41, 5.74) is 1.74. The van der Waals surface area contributed by atoms with Gasteiger partial charge in [0.25, 0.3) is 5.91 Å². The minimum Gasteiger partial charge on any atom is -0.391 e. The van der Waals surface area contributed by atoms with Gasteiger partial charge in [-0.1, -0.05) is 74.5 Å². The number of carbonyl (C=O) groups excluding carboxylic acids is 2. The zero-order chi connectivity index (χ0) is 24.8. The van der Waals surface area contributed by atoms with E-state index in [0.29, 0.717) is 31.6 Å². The van der Waals surface area contributed by atoms with Gasteiger partial charge in [0.2, 0.25) is 5.91 Å². The van der Waals surface area contributed by atoms with E-state index in [4.69, 9.17) is 0 Å². The van der Waals surface area contributed by atoms with Crippen molar-refractivity contribution in [2.24, 2.45) is 11.8 Å². The third-order valence-corrected chi connectivity index (χ3v) is 6.61.